The maximum Gasteiger partial charge on any atom is 0.271 e. The number of fused-ring (bicyclic) bond motifs is 1. The standard InChI is InChI=1S/C21H20ClN5OS/c1-13-12-14(2)27(26-13)18-10-9-15(22)20(25-18)21(28)23-11-5-8-19-24-16-6-3-4-7-17(16)29-19/h3-4,6-7,9-10,12H,5,8,11H2,1-2H3,(H,23,28). The van der Waals surface area contributed by atoms with E-state index in [0.29, 0.717) is 17.4 Å². The van der Waals surface area contributed by atoms with Crippen LogP contribution >= 0.6 is 22.9 Å². The van der Waals surface area contributed by atoms with Crippen LogP contribution in [0.25, 0.3) is 16.0 Å². The summed E-state index contributed by atoms with van der Waals surface area (Å²) in [7, 11) is 0. The van der Waals surface area contributed by atoms with Gasteiger partial charge in [-0.25, -0.2) is 14.6 Å². The van der Waals surface area contributed by atoms with Crippen molar-refractivity contribution in [2.45, 2.75) is 26.7 Å². The molecule has 1 aromatic carbocycles. The van der Waals surface area contributed by atoms with E-state index in [1.54, 1.807) is 28.2 Å². The van der Waals surface area contributed by atoms with Gasteiger partial charge in [0, 0.05) is 18.7 Å². The van der Waals surface area contributed by atoms with Crippen molar-refractivity contribution in [2.75, 3.05) is 6.54 Å². The van der Waals surface area contributed by atoms with Crippen molar-refractivity contribution in [2.24, 2.45) is 0 Å². The zero-order valence-electron chi connectivity index (χ0n) is 16.1. The highest BCUT2D eigenvalue weighted by molar-refractivity contribution is 7.18. The summed E-state index contributed by atoms with van der Waals surface area (Å²) >= 11 is 7.91. The van der Waals surface area contributed by atoms with Gasteiger partial charge in [0.25, 0.3) is 5.91 Å². The van der Waals surface area contributed by atoms with Gasteiger partial charge in [0.05, 0.1) is 25.9 Å². The molecule has 0 aliphatic heterocycles. The molecule has 148 valence electrons. The third kappa shape index (κ3) is 4.31. The fraction of sp³-hybridized carbons (Fsp3) is 0.238. The van der Waals surface area contributed by atoms with Crippen LogP contribution in [-0.2, 0) is 6.42 Å². The summed E-state index contributed by atoms with van der Waals surface area (Å²) in [4.78, 5) is 21.6. The minimum absolute atomic E-state index is 0.205. The average molecular weight is 426 g/mol. The number of halogens is 1. The van der Waals surface area contributed by atoms with E-state index in [4.69, 9.17) is 11.6 Å². The van der Waals surface area contributed by atoms with Crippen LogP contribution in [0.3, 0.4) is 0 Å². The number of benzene rings is 1. The minimum Gasteiger partial charge on any atom is -0.351 e. The molecule has 4 aromatic rings. The van der Waals surface area contributed by atoms with E-state index in [2.05, 4.69) is 26.4 Å². The number of hydrogen-bond donors (Lipinski definition) is 1. The first-order chi connectivity index (χ1) is 14.0. The number of nitrogens with one attached hydrogen (secondary N) is 1. The summed E-state index contributed by atoms with van der Waals surface area (Å²) in [6.07, 6.45) is 1.60. The topological polar surface area (TPSA) is 72.7 Å². The SMILES string of the molecule is Cc1cc(C)n(-c2ccc(Cl)c(C(=O)NCCCc3nc4ccccc4s3)n2)n1. The zero-order valence-corrected chi connectivity index (χ0v) is 17.7. The first kappa shape index (κ1) is 19.5. The normalized spacial score (nSPS) is 11.1. The Morgan fingerprint density at radius 1 is 1.17 bits per heavy atom. The molecule has 0 atom stereocenters. The molecular weight excluding hydrogens is 406 g/mol. The van der Waals surface area contributed by atoms with Crippen LogP contribution in [0.15, 0.2) is 42.5 Å². The summed E-state index contributed by atoms with van der Waals surface area (Å²) in [6.45, 7) is 4.38. The monoisotopic (exact) mass is 425 g/mol. The smallest absolute Gasteiger partial charge is 0.271 e. The maximum absolute atomic E-state index is 12.6. The summed E-state index contributed by atoms with van der Waals surface area (Å²) in [6, 6.07) is 13.5. The number of thiazole rings is 1. The van der Waals surface area contributed by atoms with Crippen molar-refractivity contribution >= 4 is 39.1 Å². The Labute approximate surface area is 177 Å². The van der Waals surface area contributed by atoms with Gasteiger partial charge in [-0.1, -0.05) is 23.7 Å². The third-order valence-corrected chi connectivity index (χ3v) is 5.87. The lowest BCUT2D eigenvalue weighted by Crippen LogP contribution is -2.26. The predicted molar refractivity (Wildman–Crippen MR) is 116 cm³/mol. The molecule has 3 aromatic heterocycles. The molecule has 29 heavy (non-hydrogen) atoms. The molecule has 0 fully saturated rings. The van der Waals surface area contributed by atoms with Crippen LogP contribution in [0.2, 0.25) is 5.02 Å². The van der Waals surface area contributed by atoms with E-state index in [-0.39, 0.29) is 11.6 Å². The lowest BCUT2D eigenvalue weighted by atomic mass is 10.3. The molecule has 1 amide bonds. The van der Waals surface area contributed by atoms with E-state index in [1.807, 2.05) is 38.1 Å². The molecule has 4 rings (SSSR count). The van der Waals surface area contributed by atoms with E-state index in [0.717, 1.165) is 34.8 Å². The molecule has 0 radical (unpaired) electrons. The van der Waals surface area contributed by atoms with Crippen LogP contribution < -0.4 is 5.32 Å². The largest absolute Gasteiger partial charge is 0.351 e. The molecule has 0 saturated carbocycles. The highest BCUT2D eigenvalue weighted by Gasteiger charge is 2.15. The Kier molecular flexibility index (Phi) is 5.60. The van der Waals surface area contributed by atoms with Gasteiger partial charge in [-0.2, -0.15) is 5.10 Å². The Hall–Kier alpha value is -2.77. The Balaban J connectivity index is 1.39. The second-order valence-corrected chi connectivity index (χ2v) is 8.30. The van der Waals surface area contributed by atoms with Crippen molar-refractivity contribution < 1.29 is 4.79 Å². The number of aryl methyl sites for hydroxylation is 3. The van der Waals surface area contributed by atoms with Crippen molar-refractivity contribution in [3.63, 3.8) is 0 Å². The number of para-hydroxylation sites is 1. The summed E-state index contributed by atoms with van der Waals surface area (Å²) < 4.78 is 2.89. The number of carbonyl (C=O) groups is 1. The lowest BCUT2D eigenvalue weighted by molar-refractivity contribution is 0.0948. The zero-order chi connectivity index (χ0) is 20.4. The molecule has 0 unspecified atom stereocenters. The highest BCUT2D eigenvalue weighted by Crippen LogP contribution is 2.22. The molecular formula is C21H20ClN5OS. The Morgan fingerprint density at radius 2 is 2.00 bits per heavy atom. The molecule has 0 bridgehead atoms. The van der Waals surface area contributed by atoms with Crippen LogP contribution in [0.1, 0.15) is 33.3 Å². The van der Waals surface area contributed by atoms with Crippen LogP contribution in [0, 0.1) is 13.8 Å². The quantitative estimate of drug-likeness (QED) is 0.461. The number of aromatic nitrogens is 4. The molecule has 8 heteroatoms. The van der Waals surface area contributed by atoms with E-state index in [9.17, 15) is 4.79 Å². The van der Waals surface area contributed by atoms with Gasteiger partial charge >= 0.3 is 0 Å². The molecule has 0 saturated heterocycles. The number of carbonyl (C=O) groups excluding carboxylic acids is 1. The van der Waals surface area contributed by atoms with Gasteiger partial charge in [0.2, 0.25) is 0 Å². The molecule has 0 aliphatic rings. The van der Waals surface area contributed by atoms with E-state index < -0.39 is 0 Å². The highest BCUT2D eigenvalue weighted by atomic mass is 35.5. The van der Waals surface area contributed by atoms with Crippen molar-refractivity contribution in [3.8, 4) is 5.82 Å². The van der Waals surface area contributed by atoms with Gasteiger partial charge in [0.15, 0.2) is 5.82 Å². The number of hydrogen-bond acceptors (Lipinski definition) is 5. The van der Waals surface area contributed by atoms with Gasteiger partial charge in [-0.15, -0.1) is 11.3 Å². The molecule has 0 aliphatic carbocycles. The van der Waals surface area contributed by atoms with Crippen molar-refractivity contribution in [3.05, 3.63) is 69.6 Å². The Bertz CT molecular complexity index is 1150. The van der Waals surface area contributed by atoms with E-state index >= 15 is 0 Å². The summed E-state index contributed by atoms with van der Waals surface area (Å²) in [5, 5.41) is 8.71. The van der Waals surface area contributed by atoms with Crippen molar-refractivity contribution in [1.29, 1.82) is 0 Å². The summed E-state index contributed by atoms with van der Waals surface area (Å²) in [5.74, 6) is 0.280. The van der Waals surface area contributed by atoms with Gasteiger partial charge in [-0.3, -0.25) is 4.79 Å². The lowest BCUT2D eigenvalue weighted by Gasteiger charge is -2.09. The number of amides is 1. The average Bonchev–Trinajstić information content (AvgIpc) is 3.27. The van der Waals surface area contributed by atoms with Crippen LogP contribution in [0.4, 0.5) is 0 Å². The predicted octanol–water partition coefficient (Wildman–Crippen LogP) is 4.51. The van der Waals surface area contributed by atoms with Gasteiger partial charge in [0.1, 0.15) is 5.69 Å². The molecule has 6 nitrogen and oxygen atoms in total. The van der Waals surface area contributed by atoms with Gasteiger partial charge < -0.3 is 5.32 Å². The number of rotatable bonds is 6. The molecule has 1 N–H and O–H groups in total. The van der Waals surface area contributed by atoms with Crippen molar-refractivity contribution in [1.82, 2.24) is 25.1 Å². The number of pyridine rings is 1. The second kappa shape index (κ2) is 8.31. The number of nitrogens with zero attached hydrogens (tertiary/aromatic N) is 4. The summed E-state index contributed by atoms with van der Waals surface area (Å²) in [5.41, 5.74) is 3.06. The minimum atomic E-state index is -0.289. The molecule has 0 spiro atoms. The van der Waals surface area contributed by atoms with E-state index in [1.165, 1.54) is 4.70 Å². The first-order valence-electron chi connectivity index (χ1n) is 9.34. The Morgan fingerprint density at radius 3 is 2.76 bits per heavy atom. The fourth-order valence-corrected chi connectivity index (χ4v) is 4.32. The van der Waals surface area contributed by atoms with Crippen LogP contribution in [0.5, 0.6) is 0 Å². The third-order valence-electron chi connectivity index (χ3n) is 4.46. The molecule has 3 heterocycles. The maximum atomic E-state index is 12.6. The second-order valence-electron chi connectivity index (χ2n) is 6.77. The van der Waals surface area contributed by atoms with Crippen LogP contribution in [-0.4, -0.2) is 32.2 Å². The van der Waals surface area contributed by atoms with Gasteiger partial charge in [-0.05, 0) is 50.6 Å². The fourth-order valence-electron chi connectivity index (χ4n) is 3.12. The first-order valence-corrected chi connectivity index (χ1v) is 10.5.